The van der Waals surface area contributed by atoms with Crippen molar-refractivity contribution >= 4 is 7.37 Å². The van der Waals surface area contributed by atoms with Gasteiger partial charge in [0.25, 0.3) is 7.37 Å². The lowest BCUT2D eigenvalue weighted by atomic mass is 10.4. The van der Waals surface area contributed by atoms with Crippen LogP contribution in [0.4, 0.5) is 8.78 Å². The molecular formula is C7H16F2NO2P. The topological polar surface area (TPSA) is 63.3 Å². The van der Waals surface area contributed by atoms with Gasteiger partial charge >= 0.3 is 5.66 Å². The summed E-state index contributed by atoms with van der Waals surface area (Å²) in [6, 6.07) is 0. The minimum atomic E-state index is -4.34. The highest BCUT2D eigenvalue weighted by Crippen LogP contribution is 2.58. The van der Waals surface area contributed by atoms with E-state index in [0.717, 1.165) is 0 Å². The van der Waals surface area contributed by atoms with Gasteiger partial charge in [-0.25, -0.2) is 0 Å². The highest BCUT2D eigenvalue weighted by Gasteiger charge is 2.47. The van der Waals surface area contributed by atoms with Crippen LogP contribution in [0.15, 0.2) is 0 Å². The quantitative estimate of drug-likeness (QED) is 0.666. The van der Waals surface area contributed by atoms with Crippen molar-refractivity contribution in [1.82, 2.24) is 0 Å². The molecule has 0 bridgehead atoms. The van der Waals surface area contributed by atoms with Gasteiger partial charge < -0.3 is 10.6 Å². The molecule has 3 nitrogen and oxygen atoms in total. The number of nitrogens with two attached hydrogens (primary N) is 1. The Kier molecular flexibility index (Phi) is 5.04. The molecule has 0 aromatic heterocycles. The Balaban J connectivity index is 4.32. The van der Waals surface area contributed by atoms with Crippen LogP contribution in [0.25, 0.3) is 0 Å². The Bertz CT molecular complexity index is 199. The van der Waals surface area contributed by atoms with Crippen molar-refractivity contribution in [1.29, 1.82) is 0 Å². The Morgan fingerprint density at radius 2 is 2.08 bits per heavy atom. The van der Waals surface area contributed by atoms with E-state index in [9.17, 15) is 13.3 Å². The summed E-state index contributed by atoms with van der Waals surface area (Å²) in [6.45, 7) is 1.50. The first-order chi connectivity index (χ1) is 5.87. The predicted molar refractivity (Wildman–Crippen MR) is 48.2 cm³/mol. The summed E-state index contributed by atoms with van der Waals surface area (Å²) in [6.07, 6.45) is -0.0712. The van der Waals surface area contributed by atoms with Crippen molar-refractivity contribution in [3.8, 4) is 0 Å². The van der Waals surface area contributed by atoms with Crippen molar-refractivity contribution < 1.29 is 18.2 Å². The van der Waals surface area contributed by atoms with E-state index >= 15 is 0 Å². The minimum Gasteiger partial charge on any atom is -0.340 e. The van der Waals surface area contributed by atoms with E-state index in [2.05, 4.69) is 0 Å². The molecule has 13 heavy (non-hydrogen) atoms. The third-order valence-corrected chi connectivity index (χ3v) is 3.94. The maximum absolute atomic E-state index is 12.9. The first kappa shape index (κ1) is 13.0. The van der Waals surface area contributed by atoms with Gasteiger partial charge in [0.15, 0.2) is 0 Å². The Morgan fingerprint density at radius 1 is 1.54 bits per heavy atom. The summed E-state index contributed by atoms with van der Waals surface area (Å²) in [4.78, 5) is 9.05. The SMILES string of the molecule is CCCCP(=O)(O)C(F)(F)CCN. The number of halogens is 2. The number of rotatable bonds is 6. The lowest BCUT2D eigenvalue weighted by Crippen LogP contribution is -2.22. The molecule has 0 aliphatic rings. The van der Waals surface area contributed by atoms with Gasteiger partial charge in [-0.15, -0.1) is 0 Å². The molecule has 0 spiro atoms. The second-order valence-electron chi connectivity index (χ2n) is 2.98. The molecule has 1 unspecified atom stereocenters. The zero-order chi connectivity index (χ0) is 10.5. The normalized spacial score (nSPS) is 17.0. The zero-order valence-corrected chi connectivity index (χ0v) is 8.57. The summed E-state index contributed by atoms with van der Waals surface area (Å²) < 4.78 is 37.0. The van der Waals surface area contributed by atoms with Crippen molar-refractivity contribution in [3.05, 3.63) is 0 Å². The molecule has 0 aliphatic heterocycles. The van der Waals surface area contributed by atoms with Gasteiger partial charge in [0.2, 0.25) is 0 Å². The molecule has 0 radical (unpaired) electrons. The molecular weight excluding hydrogens is 199 g/mol. The Hall–Kier alpha value is 0.01000. The summed E-state index contributed by atoms with van der Waals surface area (Å²) in [5, 5.41) is 0. The second-order valence-corrected chi connectivity index (χ2v) is 5.49. The zero-order valence-electron chi connectivity index (χ0n) is 7.67. The van der Waals surface area contributed by atoms with Gasteiger partial charge in [-0.3, -0.25) is 4.57 Å². The van der Waals surface area contributed by atoms with E-state index in [1.54, 1.807) is 6.92 Å². The van der Waals surface area contributed by atoms with Crippen molar-refractivity contribution in [2.24, 2.45) is 5.73 Å². The average molecular weight is 215 g/mol. The summed E-state index contributed by atoms with van der Waals surface area (Å²) >= 11 is 0. The molecule has 0 aromatic rings. The largest absolute Gasteiger partial charge is 0.340 e. The molecule has 0 saturated heterocycles. The van der Waals surface area contributed by atoms with Crippen LogP contribution in [0, 0.1) is 0 Å². The third kappa shape index (κ3) is 3.71. The van der Waals surface area contributed by atoms with Gasteiger partial charge in [0.1, 0.15) is 0 Å². The fourth-order valence-corrected chi connectivity index (χ4v) is 2.43. The molecule has 3 N–H and O–H groups in total. The molecule has 0 amide bonds. The molecule has 0 heterocycles. The van der Waals surface area contributed by atoms with Crippen LogP contribution >= 0.6 is 7.37 Å². The average Bonchev–Trinajstić information content (AvgIpc) is 2.00. The first-order valence-electron chi connectivity index (χ1n) is 4.27. The highest BCUT2D eigenvalue weighted by atomic mass is 31.2. The van der Waals surface area contributed by atoms with Crippen LogP contribution in [0.1, 0.15) is 26.2 Å². The monoisotopic (exact) mass is 215 g/mol. The highest BCUT2D eigenvalue weighted by molar-refractivity contribution is 7.59. The molecule has 0 fully saturated rings. The lowest BCUT2D eigenvalue weighted by molar-refractivity contribution is 0.0695. The smallest absolute Gasteiger partial charge is 0.322 e. The molecule has 0 aromatic carbocycles. The number of hydrogen-bond donors (Lipinski definition) is 2. The van der Waals surface area contributed by atoms with Crippen LogP contribution in [0.5, 0.6) is 0 Å². The molecule has 0 saturated carbocycles. The van der Waals surface area contributed by atoms with Crippen molar-refractivity contribution in [2.45, 2.75) is 31.8 Å². The van der Waals surface area contributed by atoms with Gasteiger partial charge in [-0.05, 0) is 13.0 Å². The summed E-state index contributed by atoms with van der Waals surface area (Å²) in [5.74, 6) is 0. The molecule has 1 atom stereocenters. The molecule has 6 heteroatoms. The summed E-state index contributed by atoms with van der Waals surface area (Å²) in [5.41, 5.74) is 1.41. The standard InChI is InChI=1S/C7H16F2NO2P/c1-2-3-6-13(11,12)7(8,9)4-5-10/h2-6,10H2,1H3,(H,11,12). The maximum atomic E-state index is 12.9. The number of hydrogen-bond acceptors (Lipinski definition) is 2. The van der Waals surface area contributed by atoms with Gasteiger partial charge in [-0.1, -0.05) is 13.3 Å². The molecule has 0 aliphatic carbocycles. The fourth-order valence-electron chi connectivity index (χ4n) is 0.884. The predicted octanol–water partition coefficient (Wildman–Crippen LogP) is 2.00. The minimum absolute atomic E-state index is 0.274. The van der Waals surface area contributed by atoms with Crippen LogP contribution in [0.2, 0.25) is 0 Å². The van der Waals surface area contributed by atoms with Gasteiger partial charge in [0, 0.05) is 12.6 Å². The van der Waals surface area contributed by atoms with Gasteiger partial charge in [-0.2, -0.15) is 8.78 Å². The van der Waals surface area contributed by atoms with Crippen molar-refractivity contribution in [3.63, 3.8) is 0 Å². The van der Waals surface area contributed by atoms with E-state index < -0.39 is 19.5 Å². The van der Waals surface area contributed by atoms with Crippen LogP contribution in [0.3, 0.4) is 0 Å². The maximum Gasteiger partial charge on any atom is 0.322 e. The Labute approximate surface area is 76.8 Å². The molecule has 80 valence electrons. The Morgan fingerprint density at radius 3 is 2.46 bits per heavy atom. The lowest BCUT2D eigenvalue weighted by Gasteiger charge is -2.21. The van der Waals surface area contributed by atoms with Crippen LogP contribution < -0.4 is 5.73 Å². The van der Waals surface area contributed by atoms with Crippen LogP contribution in [-0.2, 0) is 4.57 Å². The molecule has 0 rings (SSSR count). The second kappa shape index (κ2) is 5.03. The van der Waals surface area contributed by atoms with Gasteiger partial charge in [0.05, 0.1) is 0 Å². The van der Waals surface area contributed by atoms with E-state index in [0.29, 0.717) is 12.8 Å². The van der Waals surface area contributed by atoms with E-state index in [-0.39, 0.29) is 12.7 Å². The van der Waals surface area contributed by atoms with Crippen LogP contribution in [-0.4, -0.2) is 23.3 Å². The third-order valence-electron chi connectivity index (χ3n) is 1.77. The van der Waals surface area contributed by atoms with E-state index in [1.807, 2.05) is 0 Å². The van der Waals surface area contributed by atoms with E-state index in [4.69, 9.17) is 10.6 Å². The van der Waals surface area contributed by atoms with Crippen molar-refractivity contribution in [2.75, 3.05) is 12.7 Å². The first-order valence-corrected chi connectivity index (χ1v) is 6.11. The fraction of sp³-hybridized carbons (Fsp3) is 1.00. The summed E-state index contributed by atoms with van der Waals surface area (Å²) in [7, 11) is -4.34. The number of unbranched alkanes of at least 4 members (excludes halogenated alkanes) is 1. The van der Waals surface area contributed by atoms with E-state index in [1.165, 1.54) is 0 Å². The number of alkyl halides is 2.